The molecule has 2 nitrogen and oxygen atoms in total. The summed E-state index contributed by atoms with van der Waals surface area (Å²) in [7, 11) is -1.28. The van der Waals surface area contributed by atoms with Crippen molar-refractivity contribution in [2.24, 2.45) is 0 Å². The van der Waals surface area contributed by atoms with Gasteiger partial charge in [0.05, 0.1) is 0 Å². The second-order valence-corrected chi connectivity index (χ2v) is 12.1. The largest absolute Gasteiger partial charge is 0.331 e. The molecule has 0 fully saturated rings. The molecule has 0 aliphatic carbocycles. The van der Waals surface area contributed by atoms with Crippen LogP contribution in [0.5, 0.6) is 0 Å². The van der Waals surface area contributed by atoms with Crippen molar-refractivity contribution in [3.05, 3.63) is 0 Å². The average molecular weight is 329 g/mol. The zero-order valence-corrected chi connectivity index (χ0v) is 17.7. The van der Waals surface area contributed by atoms with Crippen LogP contribution in [0.4, 0.5) is 0 Å². The molecule has 1 N–H and O–H groups in total. The molecule has 22 heavy (non-hydrogen) atoms. The fourth-order valence-electron chi connectivity index (χ4n) is 3.22. The minimum atomic E-state index is -1.28. The van der Waals surface area contributed by atoms with Gasteiger partial charge in [-0.2, -0.15) is 0 Å². The molecule has 0 rings (SSSR count). The van der Waals surface area contributed by atoms with Gasteiger partial charge in [0.25, 0.3) is 0 Å². The Labute approximate surface area is 142 Å². The molecule has 0 aromatic carbocycles. The van der Waals surface area contributed by atoms with Crippen LogP contribution < -0.4 is 4.98 Å². The Morgan fingerprint density at radius 2 is 1.27 bits per heavy atom. The normalized spacial score (nSPS) is 13.1. The van der Waals surface area contributed by atoms with Gasteiger partial charge in [-0.3, -0.25) is 0 Å². The van der Waals surface area contributed by atoms with Crippen LogP contribution in [-0.2, 0) is 0 Å². The first-order chi connectivity index (χ1) is 10.4. The molecule has 0 saturated carbocycles. The Kier molecular flexibility index (Phi) is 11.7. The van der Waals surface area contributed by atoms with E-state index >= 15 is 0 Å². The Bertz CT molecular complexity index is 252. The summed E-state index contributed by atoms with van der Waals surface area (Å²) in [4.78, 5) is 6.97. The fraction of sp³-hybridized carbons (Fsp3) is 1.00. The Morgan fingerprint density at radius 3 is 1.59 bits per heavy atom. The fourth-order valence-corrected chi connectivity index (χ4v) is 5.78. The highest BCUT2D eigenvalue weighted by Crippen LogP contribution is 2.24. The van der Waals surface area contributed by atoms with Gasteiger partial charge >= 0.3 is 0 Å². The molecule has 0 radical (unpaired) electrons. The lowest BCUT2D eigenvalue weighted by atomic mass is 9.93. The van der Waals surface area contributed by atoms with E-state index in [1.165, 1.54) is 70.2 Å². The average Bonchev–Trinajstić information content (AvgIpc) is 2.56. The molecule has 0 aromatic rings. The standard InChI is InChI=1S/C19H44N2Si/c1-8-14-16-21(17-15-9-2)18-19(10-3,11-4)20-22(7,12-5)13-6/h20H,8-18H2,1-7H3. The van der Waals surface area contributed by atoms with Gasteiger partial charge in [0.2, 0.25) is 0 Å². The number of nitrogens with one attached hydrogen (secondary N) is 1. The third-order valence-electron chi connectivity index (χ3n) is 5.66. The van der Waals surface area contributed by atoms with Crippen molar-refractivity contribution in [3.63, 3.8) is 0 Å². The lowest BCUT2D eigenvalue weighted by molar-refractivity contribution is 0.180. The number of rotatable bonds is 14. The van der Waals surface area contributed by atoms with Crippen LogP contribution in [0.3, 0.4) is 0 Å². The summed E-state index contributed by atoms with van der Waals surface area (Å²) < 4.78 is 0. The van der Waals surface area contributed by atoms with Crippen molar-refractivity contribution in [2.75, 3.05) is 19.6 Å². The van der Waals surface area contributed by atoms with Gasteiger partial charge in [-0.05, 0) is 50.9 Å². The molecule has 0 atom stereocenters. The van der Waals surface area contributed by atoms with E-state index in [9.17, 15) is 0 Å². The molecule has 0 spiro atoms. The lowest BCUT2D eigenvalue weighted by Gasteiger charge is -2.44. The maximum Gasteiger partial charge on any atom is 0.122 e. The zero-order chi connectivity index (χ0) is 17.1. The van der Waals surface area contributed by atoms with E-state index in [-0.39, 0.29) is 0 Å². The van der Waals surface area contributed by atoms with Gasteiger partial charge in [0.15, 0.2) is 0 Å². The molecule has 0 aliphatic rings. The minimum absolute atomic E-state index is 0.328. The zero-order valence-electron chi connectivity index (χ0n) is 16.7. The third-order valence-corrected chi connectivity index (χ3v) is 9.92. The van der Waals surface area contributed by atoms with Crippen molar-refractivity contribution in [1.82, 2.24) is 9.88 Å². The van der Waals surface area contributed by atoms with E-state index in [1.54, 1.807) is 0 Å². The first-order valence-electron chi connectivity index (χ1n) is 9.96. The SMILES string of the molecule is CCCCN(CCCC)CC(CC)(CC)N[Si](C)(CC)CC. The predicted molar refractivity (Wildman–Crippen MR) is 105 cm³/mol. The van der Waals surface area contributed by atoms with E-state index in [1.807, 2.05) is 0 Å². The van der Waals surface area contributed by atoms with Crippen LogP contribution >= 0.6 is 0 Å². The van der Waals surface area contributed by atoms with Crippen LogP contribution in [0.2, 0.25) is 18.6 Å². The van der Waals surface area contributed by atoms with Gasteiger partial charge in [0, 0.05) is 12.1 Å². The van der Waals surface area contributed by atoms with E-state index in [0.29, 0.717) is 5.54 Å². The molecule has 0 aromatic heterocycles. The van der Waals surface area contributed by atoms with Crippen LogP contribution in [0.15, 0.2) is 0 Å². The van der Waals surface area contributed by atoms with E-state index < -0.39 is 8.24 Å². The van der Waals surface area contributed by atoms with Crippen LogP contribution in [-0.4, -0.2) is 38.3 Å². The highest BCUT2D eigenvalue weighted by Gasteiger charge is 2.35. The molecule has 134 valence electrons. The highest BCUT2D eigenvalue weighted by molar-refractivity contribution is 6.76. The minimum Gasteiger partial charge on any atom is -0.331 e. The molecule has 0 amide bonds. The molecular formula is C19H44N2Si. The summed E-state index contributed by atoms with van der Waals surface area (Å²) in [5.41, 5.74) is 0.328. The molecule has 0 saturated heterocycles. The topological polar surface area (TPSA) is 15.3 Å². The maximum atomic E-state index is 4.22. The van der Waals surface area contributed by atoms with Crippen molar-refractivity contribution < 1.29 is 0 Å². The van der Waals surface area contributed by atoms with Gasteiger partial charge in [0.1, 0.15) is 8.24 Å². The Morgan fingerprint density at radius 1 is 0.818 bits per heavy atom. The van der Waals surface area contributed by atoms with Gasteiger partial charge in [-0.1, -0.05) is 60.9 Å². The molecule has 0 aliphatic heterocycles. The van der Waals surface area contributed by atoms with Gasteiger partial charge in [-0.25, -0.2) is 0 Å². The summed E-state index contributed by atoms with van der Waals surface area (Å²) >= 11 is 0. The van der Waals surface area contributed by atoms with Crippen LogP contribution in [0.1, 0.15) is 80.1 Å². The first-order valence-corrected chi connectivity index (χ1v) is 12.9. The van der Waals surface area contributed by atoms with Crippen molar-refractivity contribution in [1.29, 1.82) is 0 Å². The summed E-state index contributed by atoms with van der Waals surface area (Å²) in [5.74, 6) is 0. The Balaban J connectivity index is 4.99. The maximum absolute atomic E-state index is 4.22. The number of hydrogen-bond donors (Lipinski definition) is 1. The predicted octanol–water partition coefficient (Wildman–Crippen LogP) is 5.65. The monoisotopic (exact) mass is 328 g/mol. The molecule has 0 unspecified atom stereocenters. The first kappa shape index (κ1) is 22.1. The van der Waals surface area contributed by atoms with Crippen LogP contribution in [0, 0.1) is 0 Å². The van der Waals surface area contributed by atoms with Crippen LogP contribution in [0.25, 0.3) is 0 Å². The number of unbranched alkanes of at least 4 members (excludes halogenated alkanes) is 2. The van der Waals surface area contributed by atoms with Gasteiger partial charge in [-0.15, -0.1) is 0 Å². The number of hydrogen-bond acceptors (Lipinski definition) is 2. The summed E-state index contributed by atoms with van der Waals surface area (Å²) in [5, 5.41) is 0. The highest BCUT2D eigenvalue weighted by atomic mass is 28.3. The van der Waals surface area contributed by atoms with Crippen molar-refractivity contribution >= 4 is 8.24 Å². The summed E-state index contributed by atoms with van der Waals surface area (Å²) in [6, 6.07) is 2.68. The molecular weight excluding hydrogens is 284 g/mol. The smallest absolute Gasteiger partial charge is 0.122 e. The number of nitrogens with zero attached hydrogens (tertiary/aromatic N) is 1. The second-order valence-electron chi connectivity index (χ2n) is 7.36. The Hall–Kier alpha value is 0.137. The van der Waals surface area contributed by atoms with E-state index in [0.717, 1.165) is 0 Å². The molecule has 0 bridgehead atoms. The molecule has 3 heteroatoms. The molecule has 0 heterocycles. The third kappa shape index (κ3) is 7.61. The summed E-state index contributed by atoms with van der Waals surface area (Å²) in [6.07, 6.45) is 7.78. The van der Waals surface area contributed by atoms with Crippen molar-refractivity contribution in [2.45, 2.75) is 104 Å². The van der Waals surface area contributed by atoms with E-state index in [2.05, 4.69) is 58.0 Å². The quantitative estimate of drug-likeness (QED) is 0.414. The summed E-state index contributed by atoms with van der Waals surface area (Å²) in [6.45, 7) is 20.5. The lowest BCUT2D eigenvalue weighted by Crippen LogP contribution is -2.63. The van der Waals surface area contributed by atoms with Crippen molar-refractivity contribution in [3.8, 4) is 0 Å². The van der Waals surface area contributed by atoms with E-state index in [4.69, 9.17) is 0 Å². The second kappa shape index (κ2) is 11.6. The van der Waals surface area contributed by atoms with Gasteiger partial charge < -0.3 is 9.88 Å².